The first-order chi connectivity index (χ1) is 9.65. The van der Waals surface area contributed by atoms with Crippen LogP contribution in [-0.2, 0) is 7.05 Å². The average Bonchev–Trinajstić information content (AvgIpc) is 2.46. The van der Waals surface area contributed by atoms with E-state index in [9.17, 15) is 9.59 Å². The molecular weight excluding hydrogens is 256 g/mol. The number of unbranched alkanes of at least 4 members (excludes halogenated alkanes) is 1. The van der Waals surface area contributed by atoms with Gasteiger partial charge in [-0.25, -0.2) is 9.36 Å². The summed E-state index contributed by atoms with van der Waals surface area (Å²) in [7, 11) is 1.56. The van der Waals surface area contributed by atoms with Gasteiger partial charge in [0.25, 0.3) is 5.56 Å². The first kappa shape index (κ1) is 14.1. The largest absolute Gasteiger partial charge is 0.488 e. The number of ether oxygens (including phenoxy) is 1. The minimum Gasteiger partial charge on any atom is -0.488 e. The van der Waals surface area contributed by atoms with Crippen LogP contribution in [0, 0.1) is 0 Å². The Hall–Kier alpha value is -2.30. The predicted octanol–water partition coefficient (Wildman–Crippen LogP) is 1.72. The molecule has 0 unspecified atom stereocenters. The van der Waals surface area contributed by atoms with Crippen LogP contribution in [-0.4, -0.2) is 16.0 Å². The van der Waals surface area contributed by atoms with Crippen molar-refractivity contribution in [2.24, 2.45) is 7.05 Å². The molecule has 0 aliphatic heterocycles. The van der Waals surface area contributed by atoms with E-state index in [0.717, 1.165) is 12.8 Å². The average molecular weight is 274 g/mol. The van der Waals surface area contributed by atoms with Crippen molar-refractivity contribution in [3.05, 3.63) is 57.1 Å². The summed E-state index contributed by atoms with van der Waals surface area (Å²) < 4.78 is 7.99. The van der Waals surface area contributed by atoms with E-state index >= 15 is 0 Å². The van der Waals surface area contributed by atoms with E-state index in [0.29, 0.717) is 12.3 Å². The van der Waals surface area contributed by atoms with Crippen LogP contribution in [0.5, 0.6) is 5.75 Å². The molecule has 0 bridgehead atoms. The summed E-state index contributed by atoms with van der Waals surface area (Å²) >= 11 is 0. The summed E-state index contributed by atoms with van der Waals surface area (Å²) in [5.41, 5.74) is 0.0477. The molecule has 0 radical (unpaired) electrons. The predicted molar refractivity (Wildman–Crippen MR) is 77.7 cm³/mol. The Morgan fingerprint density at radius 3 is 2.50 bits per heavy atom. The molecule has 0 atom stereocenters. The lowest BCUT2D eigenvalue weighted by Crippen LogP contribution is -2.36. The van der Waals surface area contributed by atoms with Crippen molar-refractivity contribution in [1.29, 1.82) is 0 Å². The highest BCUT2D eigenvalue weighted by Gasteiger charge is 2.10. The van der Waals surface area contributed by atoms with Crippen LogP contribution in [0.2, 0.25) is 0 Å². The molecule has 1 aromatic carbocycles. The second-order valence-electron chi connectivity index (χ2n) is 4.52. The molecule has 0 N–H and O–H groups in total. The molecule has 1 heterocycles. The molecule has 0 fully saturated rings. The molecule has 0 aliphatic carbocycles. The van der Waals surface area contributed by atoms with E-state index in [1.807, 2.05) is 25.1 Å². The maximum Gasteiger partial charge on any atom is 0.307 e. The summed E-state index contributed by atoms with van der Waals surface area (Å²) in [6, 6.07) is 10.3. The smallest absolute Gasteiger partial charge is 0.307 e. The Balaban J connectivity index is 2.45. The first-order valence-corrected chi connectivity index (χ1v) is 6.66. The zero-order valence-corrected chi connectivity index (χ0v) is 11.7. The Morgan fingerprint density at radius 2 is 1.85 bits per heavy atom. The van der Waals surface area contributed by atoms with Gasteiger partial charge in [0.1, 0.15) is 0 Å². The van der Waals surface area contributed by atoms with Crippen molar-refractivity contribution in [2.45, 2.75) is 19.8 Å². The number of para-hydroxylation sites is 1. The van der Waals surface area contributed by atoms with Gasteiger partial charge in [-0.3, -0.25) is 9.59 Å². The second kappa shape index (κ2) is 6.23. The number of hydrogen-bond acceptors (Lipinski definition) is 3. The lowest BCUT2D eigenvalue weighted by atomic mass is 10.3. The zero-order chi connectivity index (χ0) is 14.5. The van der Waals surface area contributed by atoms with Crippen molar-refractivity contribution >= 4 is 0 Å². The molecule has 0 amide bonds. The summed E-state index contributed by atoms with van der Waals surface area (Å²) in [6.07, 6.45) is 1.83. The minimum atomic E-state index is -0.315. The lowest BCUT2D eigenvalue weighted by molar-refractivity contribution is 0.299. The topological polar surface area (TPSA) is 53.2 Å². The van der Waals surface area contributed by atoms with Gasteiger partial charge in [0.15, 0.2) is 5.75 Å². The maximum atomic E-state index is 12.2. The Kier molecular flexibility index (Phi) is 4.40. The van der Waals surface area contributed by atoms with Gasteiger partial charge in [0.2, 0.25) is 0 Å². The van der Waals surface area contributed by atoms with E-state index in [4.69, 9.17) is 4.74 Å². The third-order valence-corrected chi connectivity index (χ3v) is 3.02. The molecule has 0 aliphatic rings. The number of benzene rings is 1. The van der Waals surface area contributed by atoms with Crippen molar-refractivity contribution < 1.29 is 4.74 Å². The van der Waals surface area contributed by atoms with Crippen LogP contribution in [0.1, 0.15) is 19.8 Å². The Morgan fingerprint density at radius 1 is 1.15 bits per heavy atom. The molecule has 106 valence electrons. The minimum absolute atomic E-state index is 0.109. The van der Waals surface area contributed by atoms with Crippen molar-refractivity contribution in [1.82, 2.24) is 9.36 Å². The van der Waals surface area contributed by atoms with Crippen LogP contribution in [0.3, 0.4) is 0 Å². The van der Waals surface area contributed by atoms with Crippen LogP contribution < -0.4 is 15.9 Å². The molecule has 0 saturated carbocycles. The van der Waals surface area contributed by atoms with Gasteiger partial charge in [0.05, 0.1) is 18.4 Å². The second-order valence-corrected chi connectivity index (χ2v) is 4.52. The third-order valence-electron chi connectivity index (χ3n) is 3.02. The molecule has 1 aromatic heterocycles. The molecule has 0 spiro atoms. The molecule has 0 saturated heterocycles. The third kappa shape index (κ3) is 2.82. The Bertz CT molecular complexity index is 687. The molecule has 5 nitrogen and oxygen atoms in total. The fourth-order valence-electron chi connectivity index (χ4n) is 1.93. The van der Waals surface area contributed by atoms with Gasteiger partial charge in [-0.15, -0.1) is 0 Å². The van der Waals surface area contributed by atoms with Crippen LogP contribution in [0.15, 0.2) is 46.0 Å². The van der Waals surface area contributed by atoms with Crippen molar-refractivity contribution in [3.8, 4) is 11.4 Å². The number of hydrogen-bond donors (Lipinski definition) is 0. The first-order valence-electron chi connectivity index (χ1n) is 6.66. The zero-order valence-electron chi connectivity index (χ0n) is 11.7. The Labute approximate surface area is 117 Å². The highest BCUT2D eigenvalue weighted by atomic mass is 16.5. The van der Waals surface area contributed by atoms with E-state index in [1.54, 1.807) is 19.2 Å². The summed E-state index contributed by atoms with van der Waals surface area (Å²) in [5, 5.41) is 0. The monoisotopic (exact) mass is 274 g/mol. The van der Waals surface area contributed by atoms with Gasteiger partial charge < -0.3 is 4.74 Å². The summed E-state index contributed by atoms with van der Waals surface area (Å²) in [5.74, 6) is 0.109. The van der Waals surface area contributed by atoms with E-state index in [-0.39, 0.29) is 16.9 Å². The van der Waals surface area contributed by atoms with Gasteiger partial charge >= 0.3 is 5.56 Å². The molecular formula is C15H18N2O3. The fourth-order valence-corrected chi connectivity index (χ4v) is 1.93. The summed E-state index contributed by atoms with van der Waals surface area (Å²) in [4.78, 5) is 24.4. The number of rotatable bonds is 5. The molecule has 20 heavy (non-hydrogen) atoms. The quantitative estimate of drug-likeness (QED) is 0.780. The summed E-state index contributed by atoms with van der Waals surface area (Å²) in [6.45, 7) is 2.48. The van der Waals surface area contributed by atoms with E-state index < -0.39 is 0 Å². The standard InChI is InChI=1S/C15H18N2O3/c1-3-4-10-20-13-11-14(18)17(16(2)15(13)19)12-8-6-5-7-9-12/h5-9,11H,3-4,10H2,1-2H3. The van der Waals surface area contributed by atoms with Crippen LogP contribution in [0.25, 0.3) is 5.69 Å². The number of aromatic nitrogens is 2. The lowest BCUT2D eigenvalue weighted by Gasteiger charge is -2.13. The van der Waals surface area contributed by atoms with Gasteiger partial charge in [-0.2, -0.15) is 0 Å². The van der Waals surface area contributed by atoms with Gasteiger partial charge in [-0.05, 0) is 18.6 Å². The molecule has 2 aromatic rings. The van der Waals surface area contributed by atoms with E-state index in [1.165, 1.54) is 15.4 Å². The number of nitrogens with zero attached hydrogens (tertiary/aromatic N) is 2. The van der Waals surface area contributed by atoms with Gasteiger partial charge in [-0.1, -0.05) is 31.5 Å². The van der Waals surface area contributed by atoms with Crippen LogP contribution >= 0.6 is 0 Å². The maximum absolute atomic E-state index is 12.2. The highest BCUT2D eigenvalue weighted by molar-refractivity contribution is 5.31. The highest BCUT2D eigenvalue weighted by Crippen LogP contribution is 2.05. The van der Waals surface area contributed by atoms with Crippen molar-refractivity contribution in [2.75, 3.05) is 6.61 Å². The molecule has 5 heteroatoms. The van der Waals surface area contributed by atoms with Crippen LogP contribution in [0.4, 0.5) is 0 Å². The molecule has 2 rings (SSSR count). The SMILES string of the molecule is CCCCOc1cc(=O)n(-c2ccccc2)n(C)c1=O. The van der Waals surface area contributed by atoms with Crippen molar-refractivity contribution in [3.63, 3.8) is 0 Å². The van der Waals surface area contributed by atoms with Gasteiger partial charge in [0, 0.05) is 7.05 Å². The normalized spacial score (nSPS) is 10.5. The van der Waals surface area contributed by atoms with E-state index in [2.05, 4.69) is 0 Å². The fraction of sp³-hybridized carbons (Fsp3) is 0.333.